The summed E-state index contributed by atoms with van der Waals surface area (Å²) in [5.41, 5.74) is 2.31. The number of hydrogen-bond acceptors (Lipinski definition) is 3. The van der Waals surface area contributed by atoms with Gasteiger partial charge in [-0.2, -0.15) is 4.37 Å². The molecule has 0 atom stereocenters. The molecule has 3 heteroatoms. The van der Waals surface area contributed by atoms with Crippen LogP contribution in [0.5, 0.6) is 0 Å². The maximum atomic E-state index is 10.2. The Bertz CT molecular complexity index is 461. The third-order valence-electron chi connectivity index (χ3n) is 2.27. The zero-order chi connectivity index (χ0) is 9.97. The largest absolute Gasteiger partial charge is 0.303 e. The number of carbonyl (C=O) groups excluding carboxylic acids is 1. The summed E-state index contributed by atoms with van der Waals surface area (Å²) < 4.78 is 5.50. The van der Waals surface area contributed by atoms with E-state index in [1.165, 1.54) is 27.2 Å². The molecular weight excluding hydrogens is 194 g/mol. The summed E-state index contributed by atoms with van der Waals surface area (Å²) in [4.78, 5) is 10.2. The summed E-state index contributed by atoms with van der Waals surface area (Å²) in [6.45, 7) is 2.02. The van der Waals surface area contributed by atoms with Crippen LogP contribution in [-0.4, -0.2) is 10.7 Å². The van der Waals surface area contributed by atoms with Crippen molar-refractivity contribution in [1.82, 2.24) is 4.37 Å². The fourth-order valence-electron chi connectivity index (χ4n) is 1.49. The molecule has 1 aromatic heterocycles. The molecule has 2 aromatic rings. The molecule has 0 N–H and O–H groups in total. The zero-order valence-electron chi connectivity index (χ0n) is 7.99. The molecule has 0 aliphatic rings. The Morgan fingerprint density at radius 2 is 2.36 bits per heavy atom. The number of rotatable bonds is 3. The van der Waals surface area contributed by atoms with Crippen LogP contribution >= 0.6 is 11.5 Å². The fourth-order valence-corrected chi connectivity index (χ4v) is 2.34. The Morgan fingerprint density at radius 1 is 1.50 bits per heavy atom. The van der Waals surface area contributed by atoms with Crippen LogP contribution in [0.2, 0.25) is 0 Å². The first-order valence-corrected chi connectivity index (χ1v) is 5.37. The van der Waals surface area contributed by atoms with E-state index >= 15 is 0 Å². The van der Waals surface area contributed by atoms with E-state index in [0.29, 0.717) is 6.42 Å². The lowest BCUT2D eigenvalue weighted by Crippen LogP contribution is -1.84. The molecule has 0 amide bonds. The Labute approximate surface area is 86.7 Å². The summed E-state index contributed by atoms with van der Waals surface area (Å²) in [7, 11) is 0. The van der Waals surface area contributed by atoms with Gasteiger partial charge in [-0.25, -0.2) is 0 Å². The third kappa shape index (κ3) is 1.68. The first kappa shape index (κ1) is 9.34. The predicted octanol–water partition coefficient (Wildman–Crippen LogP) is 2.74. The van der Waals surface area contributed by atoms with Crippen LogP contribution in [0.15, 0.2) is 18.2 Å². The van der Waals surface area contributed by atoms with E-state index in [9.17, 15) is 4.79 Å². The van der Waals surface area contributed by atoms with E-state index in [4.69, 9.17) is 0 Å². The zero-order valence-corrected chi connectivity index (χ0v) is 8.80. The summed E-state index contributed by atoms with van der Waals surface area (Å²) in [5, 5.41) is 1.23. The molecule has 0 saturated heterocycles. The lowest BCUT2D eigenvalue weighted by atomic mass is 10.1. The molecule has 0 fully saturated rings. The highest BCUT2D eigenvalue weighted by molar-refractivity contribution is 7.13. The smallest absolute Gasteiger partial charge is 0.120 e. The Morgan fingerprint density at radius 3 is 3.14 bits per heavy atom. The van der Waals surface area contributed by atoms with Crippen molar-refractivity contribution in [3.8, 4) is 0 Å². The molecule has 0 aliphatic heterocycles. The first-order valence-electron chi connectivity index (χ1n) is 4.60. The molecule has 2 nitrogen and oxygen atoms in total. The third-order valence-corrected chi connectivity index (χ3v) is 3.17. The van der Waals surface area contributed by atoms with Gasteiger partial charge in [0.05, 0.1) is 10.4 Å². The molecule has 0 unspecified atom stereocenters. The van der Waals surface area contributed by atoms with Crippen molar-refractivity contribution in [3.05, 3.63) is 29.5 Å². The number of hydrogen-bond donors (Lipinski definition) is 0. The highest BCUT2D eigenvalue weighted by Gasteiger charge is 2.02. The second kappa shape index (κ2) is 3.88. The molecule has 2 rings (SSSR count). The minimum Gasteiger partial charge on any atom is -0.303 e. The van der Waals surface area contributed by atoms with Crippen LogP contribution in [0.1, 0.15) is 17.7 Å². The second-order valence-corrected chi connectivity index (χ2v) is 4.11. The van der Waals surface area contributed by atoms with Gasteiger partial charge in [0.15, 0.2) is 0 Å². The Hall–Kier alpha value is -1.22. The van der Waals surface area contributed by atoms with Crippen LogP contribution < -0.4 is 0 Å². The van der Waals surface area contributed by atoms with Crippen molar-refractivity contribution < 1.29 is 4.79 Å². The molecule has 1 heterocycles. The first-order chi connectivity index (χ1) is 6.81. The van der Waals surface area contributed by atoms with Gasteiger partial charge in [0, 0.05) is 11.8 Å². The van der Waals surface area contributed by atoms with Crippen LogP contribution in [0.3, 0.4) is 0 Å². The van der Waals surface area contributed by atoms with E-state index in [0.717, 1.165) is 18.4 Å². The molecule has 0 bridgehead atoms. The number of benzene rings is 1. The van der Waals surface area contributed by atoms with Gasteiger partial charge in [-0.1, -0.05) is 12.1 Å². The van der Waals surface area contributed by atoms with Gasteiger partial charge in [0.25, 0.3) is 0 Å². The normalized spacial score (nSPS) is 10.6. The summed E-state index contributed by atoms with van der Waals surface area (Å²) >= 11 is 1.52. The quantitative estimate of drug-likeness (QED) is 0.721. The summed E-state index contributed by atoms with van der Waals surface area (Å²) in [5.74, 6) is 0. The molecule has 1 aromatic carbocycles. The van der Waals surface area contributed by atoms with Crippen molar-refractivity contribution in [3.63, 3.8) is 0 Å². The number of fused-ring (bicyclic) bond motifs is 1. The van der Waals surface area contributed by atoms with Gasteiger partial charge in [-0.15, -0.1) is 0 Å². The van der Waals surface area contributed by atoms with Crippen LogP contribution in [0, 0.1) is 6.92 Å². The van der Waals surface area contributed by atoms with Gasteiger partial charge < -0.3 is 4.79 Å². The maximum absolute atomic E-state index is 10.2. The van der Waals surface area contributed by atoms with Crippen molar-refractivity contribution in [1.29, 1.82) is 0 Å². The van der Waals surface area contributed by atoms with Gasteiger partial charge in [-0.05, 0) is 36.5 Å². The topological polar surface area (TPSA) is 30.0 Å². The standard InChI is InChI=1S/C11H11NOS/c1-8-10-5-4-9(3-2-6-13)7-11(10)14-12-8/h4-7H,2-3H2,1H3. The fraction of sp³-hybridized carbons (Fsp3) is 0.273. The van der Waals surface area contributed by atoms with Gasteiger partial charge in [0.2, 0.25) is 0 Å². The molecule has 72 valence electrons. The van der Waals surface area contributed by atoms with E-state index in [1.807, 2.05) is 6.92 Å². The molecule has 14 heavy (non-hydrogen) atoms. The van der Waals surface area contributed by atoms with E-state index < -0.39 is 0 Å². The molecule has 0 radical (unpaired) electrons. The predicted molar refractivity (Wildman–Crippen MR) is 58.7 cm³/mol. The average Bonchev–Trinajstić information content (AvgIpc) is 2.57. The average molecular weight is 205 g/mol. The maximum Gasteiger partial charge on any atom is 0.120 e. The number of aromatic nitrogens is 1. The molecular formula is C11H11NOS. The highest BCUT2D eigenvalue weighted by Crippen LogP contribution is 2.23. The van der Waals surface area contributed by atoms with Crippen LogP contribution in [0.4, 0.5) is 0 Å². The summed E-state index contributed by atoms with van der Waals surface area (Å²) in [6, 6.07) is 6.30. The Balaban J connectivity index is 2.36. The number of aldehydes is 1. The Kier molecular flexibility index (Phi) is 2.59. The number of aryl methyl sites for hydroxylation is 2. The van der Waals surface area contributed by atoms with Crippen molar-refractivity contribution in [2.75, 3.05) is 0 Å². The minimum atomic E-state index is 0.600. The lowest BCUT2D eigenvalue weighted by Gasteiger charge is -1.97. The SMILES string of the molecule is Cc1nsc2cc(CCC=O)ccc12. The van der Waals surface area contributed by atoms with Crippen molar-refractivity contribution >= 4 is 27.9 Å². The van der Waals surface area contributed by atoms with E-state index in [1.54, 1.807) is 0 Å². The molecule has 0 saturated carbocycles. The van der Waals surface area contributed by atoms with Crippen LogP contribution in [-0.2, 0) is 11.2 Å². The summed E-state index contributed by atoms with van der Waals surface area (Å²) in [6.07, 6.45) is 2.39. The van der Waals surface area contributed by atoms with Crippen molar-refractivity contribution in [2.45, 2.75) is 19.8 Å². The molecule has 0 spiro atoms. The van der Waals surface area contributed by atoms with Crippen molar-refractivity contribution in [2.24, 2.45) is 0 Å². The van der Waals surface area contributed by atoms with Gasteiger partial charge >= 0.3 is 0 Å². The highest BCUT2D eigenvalue weighted by atomic mass is 32.1. The number of nitrogens with zero attached hydrogens (tertiary/aromatic N) is 1. The lowest BCUT2D eigenvalue weighted by molar-refractivity contribution is -0.107. The monoisotopic (exact) mass is 205 g/mol. The second-order valence-electron chi connectivity index (χ2n) is 3.30. The van der Waals surface area contributed by atoms with Gasteiger partial charge in [-0.3, -0.25) is 0 Å². The number of carbonyl (C=O) groups is 1. The van der Waals surface area contributed by atoms with Gasteiger partial charge in [0.1, 0.15) is 6.29 Å². The molecule has 0 aliphatic carbocycles. The van der Waals surface area contributed by atoms with E-state index in [2.05, 4.69) is 22.6 Å². The van der Waals surface area contributed by atoms with Crippen LogP contribution in [0.25, 0.3) is 10.1 Å². The van der Waals surface area contributed by atoms with E-state index in [-0.39, 0.29) is 0 Å². The minimum absolute atomic E-state index is 0.600.